The average molecular weight is 432 g/mol. The minimum atomic E-state index is -3.71. The fourth-order valence-electron chi connectivity index (χ4n) is 3.15. The number of benzene rings is 3. The molecule has 1 N–H and O–H groups in total. The van der Waals surface area contributed by atoms with Crippen molar-refractivity contribution >= 4 is 32.4 Å². The van der Waals surface area contributed by atoms with Gasteiger partial charge in [-0.15, -0.1) is 0 Å². The van der Waals surface area contributed by atoms with Crippen LogP contribution in [0.4, 0.5) is 14.5 Å². The molecule has 8 heteroatoms. The van der Waals surface area contributed by atoms with Crippen LogP contribution < -0.4 is 9.62 Å². The van der Waals surface area contributed by atoms with Crippen molar-refractivity contribution < 1.29 is 22.0 Å². The first kappa shape index (κ1) is 21.7. The van der Waals surface area contributed by atoms with E-state index in [1.807, 2.05) is 42.5 Å². The molecule has 0 atom stereocenters. The van der Waals surface area contributed by atoms with Crippen LogP contribution in [0.3, 0.4) is 0 Å². The van der Waals surface area contributed by atoms with E-state index < -0.39 is 21.7 Å². The highest BCUT2D eigenvalue weighted by Crippen LogP contribution is 2.21. The van der Waals surface area contributed by atoms with Crippen LogP contribution in [0.5, 0.6) is 0 Å². The zero-order chi connectivity index (χ0) is 21.7. The molecule has 0 bridgehead atoms. The second-order valence-electron chi connectivity index (χ2n) is 7.00. The summed E-state index contributed by atoms with van der Waals surface area (Å²) in [5.41, 5.74) is 0.981. The number of nitrogens with one attached hydrogen (secondary N) is 1. The number of amides is 1. The highest BCUT2D eigenvalue weighted by Gasteiger charge is 2.19. The number of sulfonamides is 1. The van der Waals surface area contributed by atoms with Crippen molar-refractivity contribution in [1.29, 1.82) is 0 Å². The Hall–Kier alpha value is -3.00. The average Bonchev–Trinajstić information content (AvgIpc) is 2.71. The number of anilines is 1. The lowest BCUT2D eigenvalue weighted by atomic mass is 10.1. The molecule has 1 amide bonds. The topological polar surface area (TPSA) is 66.5 Å². The molecule has 5 nitrogen and oxygen atoms in total. The molecule has 3 aromatic carbocycles. The summed E-state index contributed by atoms with van der Waals surface area (Å²) in [7, 11) is -3.71. The fourth-order valence-corrected chi connectivity index (χ4v) is 4.10. The number of hydrogen-bond acceptors (Lipinski definition) is 3. The van der Waals surface area contributed by atoms with Crippen LogP contribution in [0.2, 0.25) is 0 Å². The van der Waals surface area contributed by atoms with Gasteiger partial charge in [0.25, 0.3) is 0 Å². The summed E-state index contributed by atoms with van der Waals surface area (Å²) in [6.45, 7) is 0.343. The first-order valence-corrected chi connectivity index (χ1v) is 11.3. The quantitative estimate of drug-likeness (QED) is 0.586. The predicted molar refractivity (Wildman–Crippen MR) is 114 cm³/mol. The van der Waals surface area contributed by atoms with E-state index in [9.17, 15) is 22.0 Å². The predicted octanol–water partition coefficient (Wildman–Crippen LogP) is 3.98. The molecule has 0 saturated heterocycles. The van der Waals surface area contributed by atoms with Gasteiger partial charge in [-0.1, -0.05) is 36.4 Å². The molecule has 0 aliphatic heterocycles. The van der Waals surface area contributed by atoms with E-state index in [1.54, 1.807) is 0 Å². The Balaban J connectivity index is 1.55. The number of halogens is 2. The summed E-state index contributed by atoms with van der Waals surface area (Å²) >= 11 is 0. The zero-order valence-corrected chi connectivity index (χ0v) is 17.3. The Bertz CT molecular complexity index is 1170. The SMILES string of the molecule is CS(=O)(=O)N(CCCC(=O)NCc1ccc2ccccc2c1)c1ccc(F)c(F)c1. The van der Waals surface area contributed by atoms with Gasteiger partial charge >= 0.3 is 0 Å². The zero-order valence-electron chi connectivity index (χ0n) is 16.4. The van der Waals surface area contributed by atoms with Gasteiger partial charge in [-0.05, 0) is 41.0 Å². The van der Waals surface area contributed by atoms with Crippen molar-refractivity contribution in [2.45, 2.75) is 19.4 Å². The van der Waals surface area contributed by atoms with E-state index in [1.165, 1.54) is 6.07 Å². The normalized spacial score (nSPS) is 11.4. The first-order valence-electron chi connectivity index (χ1n) is 9.41. The number of carbonyl (C=O) groups is 1. The van der Waals surface area contributed by atoms with Gasteiger partial charge in [0.2, 0.25) is 15.9 Å². The van der Waals surface area contributed by atoms with E-state index in [0.29, 0.717) is 6.54 Å². The molecule has 0 fully saturated rings. The van der Waals surface area contributed by atoms with E-state index >= 15 is 0 Å². The molecule has 0 aromatic heterocycles. The number of fused-ring (bicyclic) bond motifs is 1. The summed E-state index contributed by atoms with van der Waals surface area (Å²) in [5, 5.41) is 5.02. The number of carbonyl (C=O) groups excluding carboxylic acids is 1. The maximum atomic E-state index is 13.5. The molecule has 0 heterocycles. The third kappa shape index (κ3) is 5.54. The van der Waals surface area contributed by atoms with Crippen molar-refractivity contribution in [2.24, 2.45) is 0 Å². The Morgan fingerprint density at radius 2 is 1.70 bits per heavy atom. The third-order valence-corrected chi connectivity index (χ3v) is 5.85. The Kier molecular flexibility index (Phi) is 6.66. The maximum Gasteiger partial charge on any atom is 0.232 e. The Labute approximate surface area is 174 Å². The first-order chi connectivity index (χ1) is 14.2. The number of hydrogen-bond donors (Lipinski definition) is 1. The molecule has 0 unspecified atom stereocenters. The summed E-state index contributed by atoms with van der Waals surface area (Å²) in [5.74, 6) is -2.41. The highest BCUT2D eigenvalue weighted by atomic mass is 32.2. The van der Waals surface area contributed by atoms with Crippen LogP contribution in [0, 0.1) is 11.6 Å². The molecule has 30 heavy (non-hydrogen) atoms. The Morgan fingerprint density at radius 1 is 0.967 bits per heavy atom. The van der Waals surface area contributed by atoms with E-state index in [0.717, 1.165) is 39.0 Å². The molecule has 3 aromatic rings. The smallest absolute Gasteiger partial charge is 0.232 e. The van der Waals surface area contributed by atoms with Gasteiger partial charge in [-0.25, -0.2) is 17.2 Å². The minimum Gasteiger partial charge on any atom is -0.352 e. The van der Waals surface area contributed by atoms with Crippen LogP contribution in [0.15, 0.2) is 60.7 Å². The lowest BCUT2D eigenvalue weighted by Gasteiger charge is -2.22. The second-order valence-corrected chi connectivity index (χ2v) is 8.90. The lowest BCUT2D eigenvalue weighted by Crippen LogP contribution is -2.32. The highest BCUT2D eigenvalue weighted by molar-refractivity contribution is 7.92. The molecule has 158 valence electrons. The van der Waals surface area contributed by atoms with Crippen molar-refractivity contribution in [1.82, 2.24) is 5.32 Å². The second kappa shape index (κ2) is 9.21. The maximum absolute atomic E-state index is 13.5. The van der Waals surface area contributed by atoms with Crippen LogP contribution >= 0.6 is 0 Å². The molecular weight excluding hydrogens is 410 g/mol. The molecule has 3 rings (SSSR count). The number of rotatable bonds is 8. The van der Waals surface area contributed by atoms with Gasteiger partial charge < -0.3 is 5.32 Å². The van der Waals surface area contributed by atoms with Crippen molar-refractivity contribution in [2.75, 3.05) is 17.1 Å². The molecular formula is C22H22F2N2O3S. The third-order valence-electron chi connectivity index (χ3n) is 4.66. The Morgan fingerprint density at radius 3 is 2.40 bits per heavy atom. The monoisotopic (exact) mass is 432 g/mol. The van der Waals surface area contributed by atoms with Gasteiger partial charge in [0.1, 0.15) is 0 Å². The lowest BCUT2D eigenvalue weighted by molar-refractivity contribution is -0.121. The fraction of sp³-hybridized carbons (Fsp3) is 0.227. The van der Waals surface area contributed by atoms with Gasteiger partial charge in [0.05, 0.1) is 11.9 Å². The molecule has 0 aliphatic carbocycles. The largest absolute Gasteiger partial charge is 0.352 e. The summed E-state index contributed by atoms with van der Waals surface area (Å²) in [6.07, 6.45) is 1.31. The standard InChI is InChI=1S/C22H22F2N2O3S/c1-30(28,29)26(19-10-11-20(23)21(24)14-19)12-4-7-22(27)25-15-16-8-9-17-5-2-3-6-18(17)13-16/h2-3,5-6,8-11,13-14H,4,7,12,15H2,1H3,(H,25,27). The van der Waals surface area contributed by atoms with Crippen molar-refractivity contribution in [3.05, 3.63) is 77.9 Å². The van der Waals surface area contributed by atoms with Crippen molar-refractivity contribution in [3.8, 4) is 0 Å². The van der Waals surface area contributed by atoms with E-state index in [4.69, 9.17) is 0 Å². The van der Waals surface area contributed by atoms with Crippen LogP contribution in [-0.2, 0) is 21.4 Å². The van der Waals surface area contributed by atoms with Crippen LogP contribution in [0.25, 0.3) is 10.8 Å². The minimum absolute atomic E-state index is 0.0205. The van der Waals surface area contributed by atoms with Gasteiger partial charge in [-0.3, -0.25) is 9.10 Å². The van der Waals surface area contributed by atoms with E-state index in [-0.39, 0.29) is 31.0 Å². The summed E-state index contributed by atoms with van der Waals surface area (Å²) in [6, 6.07) is 16.8. The molecule has 0 spiro atoms. The molecule has 0 aliphatic rings. The van der Waals surface area contributed by atoms with Gasteiger partial charge in [-0.2, -0.15) is 0 Å². The van der Waals surface area contributed by atoms with Gasteiger partial charge in [0, 0.05) is 25.6 Å². The van der Waals surface area contributed by atoms with E-state index in [2.05, 4.69) is 5.32 Å². The van der Waals surface area contributed by atoms with Crippen LogP contribution in [-0.4, -0.2) is 27.1 Å². The summed E-state index contributed by atoms with van der Waals surface area (Å²) in [4.78, 5) is 12.2. The summed E-state index contributed by atoms with van der Waals surface area (Å²) < 4.78 is 51.6. The van der Waals surface area contributed by atoms with Gasteiger partial charge in [0.15, 0.2) is 11.6 Å². The van der Waals surface area contributed by atoms with Crippen LogP contribution in [0.1, 0.15) is 18.4 Å². The molecule has 0 saturated carbocycles. The number of nitrogens with zero attached hydrogens (tertiary/aromatic N) is 1. The molecule has 0 radical (unpaired) electrons. The van der Waals surface area contributed by atoms with Crippen molar-refractivity contribution in [3.63, 3.8) is 0 Å².